The van der Waals surface area contributed by atoms with E-state index in [1.807, 2.05) is 33.0 Å². The molecule has 0 atom stereocenters. The first-order valence-electron chi connectivity index (χ1n) is 8.83. The van der Waals surface area contributed by atoms with Crippen molar-refractivity contribution in [3.63, 3.8) is 0 Å². The standard InChI is InChI=1S/C22H29N3/c1-15(2)24-22(20-9-7-8-16(3)14-20)18(5)17(4)12-13-23-19(6)25-21-10-11-21/h7-9,12-14,21H,4,10-11H2,1-3,5-6H3,(H,23,25)/b13-12-,22-18+. The van der Waals surface area contributed by atoms with E-state index in [2.05, 4.69) is 55.0 Å². The number of rotatable bonds is 6. The number of nitrogens with zero attached hydrogens (tertiary/aromatic N) is 2. The van der Waals surface area contributed by atoms with E-state index < -0.39 is 0 Å². The Kier molecular flexibility index (Phi) is 6.51. The molecule has 0 bridgehead atoms. The Labute approximate surface area is 152 Å². The zero-order valence-electron chi connectivity index (χ0n) is 16.1. The first-order valence-corrected chi connectivity index (χ1v) is 8.83. The van der Waals surface area contributed by atoms with Crippen LogP contribution in [0.3, 0.4) is 0 Å². The fourth-order valence-electron chi connectivity index (χ4n) is 2.44. The summed E-state index contributed by atoms with van der Waals surface area (Å²) in [6, 6.07) is 8.95. The predicted molar refractivity (Wildman–Crippen MR) is 110 cm³/mol. The lowest BCUT2D eigenvalue weighted by atomic mass is 10.0. The molecule has 0 spiro atoms. The number of aliphatic imine (C=N–C) groups is 2. The average Bonchev–Trinajstić information content (AvgIpc) is 3.35. The van der Waals surface area contributed by atoms with Crippen LogP contribution in [-0.4, -0.2) is 17.6 Å². The van der Waals surface area contributed by atoms with Crippen molar-refractivity contribution in [1.29, 1.82) is 0 Å². The van der Waals surface area contributed by atoms with Crippen molar-refractivity contribution < 1.29 is 0 Å². The van der Waals surface area contributed by atoms with E-state index in [9.17, 15) is 0 Å². The normalized spacial score (nSPS) is 15.8. The van der Waals surface area contributed by atoms with Crippen LogP contribution in [0.2, 0.25) is 0 Å². The van der Waals surface area contributed by atoms with Gasteiger partial charge in [-0.3, -0.25) is 9.98 Å². The van der Waals surface area contributed by atoms with Crippen LogP contribution in [-0.2, 0) is 0 Å². The Morgan fingerprint density at radius 1 is 1.20 bits per heavy atom. The molecule has 3 nitrogen and oxygen atoms in total. The molecule has 1 aliphatic rings. The lowest BCUT2D eigenvalue weighted by molar-refractivity contribution is 1.03. The van der Waals surface area contributed by atoms with Crippen molar-refractivity contribution in [3.05, 3.63) is 65.4 Å². The van der Waals surface area contributed by atoms with E-state index in [1.54, 1.807) is 0 Å². The Morgan fingerprint density at radius 2 is 1.92 bits per heavy atom. The van der Waals surface area contributed by atoms with Gasteiger partial charge in [0, 0.05) is 17.5 Å². The molecule has 25 heavy (non-hydrogen) atoms. The van der Waals surface area contributed by atoms with Gasteiger partial charge in [-0.2, -0.15) is 0 Å². The summed E-state index contributed by atoms with van der Waals surface area (Å²) in [7, 11) is 0. The van der Waals surface area contributed by atoms with Gasteiger partial charge >= 0.3 is 0 Å². The lowest BCUT2D eigenvalue weighted by Crippen LogP contribution is -2.13. The van der Waals surface area contributed by atoms with Gasteiger partial charge in [0.2, 0.25) is 0 Å². The molecule has 1 N–H and O–H groups in total. The number of amidine groups is 1. The predicted octanol–water partition coefficient (Wildman–Crippen LogP) is 5.45. The van der Waals surface area contributed by atoms with Gasteiger partial charge in [-0.25, -0.2) is 0 Å². The number of hydrogen-bond acceptors (Lipinski definition) is 2. The average molecular weight is 335 g/mol. The van der Waals surface area contributed by atoms with Crippen molar-refractivity contribution in [2.45, 2.75) is 53.5 Å². The molecule has 1 aromatic carbocycles. The van der Waals surface area contributed by atoms with Crippen LogP contribution in [0.4, 0.5) is 0 Å². The van der Waals surface area contributed by atoms with Gasteiger partial charge < -0.3 is 5.32 Å². The lowest BCUT2D eigenvalue weighted by Gasteiger charge is -2.11. The van der Waals surface area contributed by atoms with Crippen LogP contribution < -0.4 is 5.32 Å². The second-order valence-electron chi connectivity index (χ2n) is 6.85. The number of aryl methyl sites for hydroxylation is 1. The molecule has 0 unspecified atom stereocenters. The molecular weight excluding hydrogens is 306 g/mol. The minimum Gasteiger partial charge on any atom is -0.351 e. The molecule has 0 radical (unpaired) electrons. The summed E-state index contributed by atoms with van der Waals surface area (Å²) in [6.07, 6.45) is 6.32. The first kappa shape index (κ1) is 18.9. The van der Waals surface area contributed by atoms with E-state index in [-0.39, 0.29) is 0 Å². The van der Waals surface area contributed by atoms with Gasteiger partial charge in [0.05, 0.1) is 17.6 Å². The number of nitrogens with one attached hydrogen (secondary N) is 1. The number of hydrogen-bond donors (Lipinski definition) is 1. The summed E-state index contributed by atoms with van der Waals surface area (Å²) in [6.45, 7) is 14.4. The third-order valence-corrected chi connectivity index (χ3v) is 3.96. The van der Waals surface area contributed by atoms with Gasteiger partial charge in [0.15, 0.2) is 0 Å². The van der Waals surface area contributed by atoms with Crippen LogP contribution >= 0.6 is 0 Å². The Morgan fingerprint density at radius 3 is 2.52 bits per heavy atom. The van der Waals surface area contributed by atoms with E-state index in [0.29, 0.717) is 6.04 Å². The second-order valence-corrected chi connectivity index (χ2v) is 6.85. The zero-order valence-corrected chi connectivity index (χ0v) is 16.1. The molecule has 0 aromatic heterocycles. The van der Waals surface area contributed by atoms with E-state index in [0.717, 1.165) is 34.0 Å². The molecule has 3 heteroatoms. The smallest absolute Gasteiger partial charge is 0.0974 e. The molecule has 1 aliphatic carbocycles. The van der Waals surface area contributed by atoms with Crippen molar-refractivity contribution in [1.82, 2.24) is 5.32 Å². The highest BCUT2D eigenvalue weighted by Crippen LogP contribution is 2.26. The topological polar surface area (TPSA) is 36.8 Å². The maximum atomic E-state index is 4.76. The summed E-state index contributed by atoms with van der Waals surface area (Å²) in [4.78, 5) is 9.31. The third kappa shape index (κ3) is 6.18. The molecular formula is C22H29N3. The molecule has 1 aromatic rings. The van der Waals surface area contributed by atoms with Gasteiger partial charge in [0.25, 0.3) is 0 Å². The van der Waals surface area contributed by atoms with Crippen molar-refractivity contribution in [2.24, 2.45) is 9.98 Å². The molecule has 0 heterocycles. The van der Waals surface area contributed by atoms with Gasteiger partial charge in [-0.05, 0) is 70.7 Å². The maximum Gasteiger partial charge on any atom is 0.0974 e. The van der Waals surface area contributed by atoms with Crippen molar-refractivity contribution in [2.75, 3.05) is 0 Å². The van der Waals surface area contributed by atoms with E-state index in [1.165, 1.54) is 18.4 Å². The Bertz CT molecular complexity index is 755. The summed E-state index contributed by atoms with van der Waals surface area (Å²) in [5.74, 6) is 0.953. The van der Waals surface area contributed by atoms with Gasteiger partial charge in [-0.1, -0.05) is 30.3 Å². The summed E-state index contributed by atoms with van der Waals surface area (Å²) >= 11 is 0. The summed E-state index contributed by atoms with van der Waals surface area (Å²) < 4.78 is 0. The molecule has 0 saturated heterocycles. The molecule has 1 fully saturated rings. The van der Waals surface area contributed by atoms with Crippen molar-refractivity contribution >= 4 is 17.2 Å². The fraction of sp³-hybridized carbons (Fsp3) is 0.364. The summed E-state index contributed by atoms with van der Waals surface area (Å²) in [5.41, 5.74) is 6.35. The first-order chi connectivity index (χ1) is 11.9. The van der Waals surface area contributed by atoms with Crippen LogP contribution in [0, 0.1) is 6.92 Å². The molecule has 1 saturated carbocycles. The van der Waals surface area contributed by atoms with Crippen LogP contribution in [0.15, 0.2) is 64.3 Å². The van der Waals surface area contributed by atoms with E-state index in [4.69, 9.17) is 4.99 Å². The maximum absolute atomic E-state index is 4.76. The SMILES string of the molecule is C=C(/C=C\NC(C)=NC1CC1)/C(C)=C(/N=C(C)C)c1cccc(C)c1. The zero-order chi connectivity index (χ0) is 18.4. The number of benzene rings is 1. The fourth-order valence-corrected chi connectivity index (χ4v) is 2.44. The Hall–Kier alpha value is -2.42. The van der Waals surface area contributed by atoms with Crippen LogP contribution in [0.1, 0.15) is 51.7 Å². The highest BCUT2D eigenvalue weighted by atomic mass is 15.0. The largest absolute Gasteiger partial charge is 0.351 e. The van der Waals surface area contributed by atoms with Gasteiger partial charge in [-0.15, -0.1) is 0 Å². The molecule has 0 amide bonds. The minimum atomic E-state index is 0.528. The highest BCUT2D eigenvalue weighted by Gasteiger charge is 2.19. The van der Waals surface area contributed by atoms with E-state index >= 15 is 0 Å². The monoisotopic (exact) mass is 335 g/mol. The molecule has 0 aliphatic heterocycles. The minimum absolute atomic E-state index is 0.528. The summed E-state index contributed by atoms with van der Waals surface area (Å²) in [5, 5.41) is 3.22. The second kappa shape index (κ2) is 8.61. The van der Waals surface area contributed by atoms with Crippen molar-refractivity contribution in [3.8, 4) is 0 Å². The number of allylic oxidation sites excluding steroid dienone is 3. The molecule has 132 valence electrons. The quantitative estimate of drug-likeness (QED) is 0.419. The van der Waals surface area contributed by atoms with Crippen LogP contribution in [0.25, 0.3) is 5.70 Å². The third-order valence-electron chi connectivity index (χ3n) is 3.96. The van der Waals surface area contributed by atoms with Crippen LogP contribution in [0.5, 0.6) is 0 Å². The highest BCUT2D eigenvalue weighted by molar-refractivity contribution is 5.87. The molecule has 2 rings (SSSR count). The van der Waals surface area contributed by atoms with Gasteiger partial charge in [0.1, 0.15) is 0 Å². The Balaban J connectivity index is 2.21.